The number of benzene rings is 2. The van der Waals surface area contributed by atoms with Gasteiger partial charge in [0, 0.05) is 11.8 Å². The molecule has 0 radical (unpaired) electrons. The summed E-state index contributed by atoms with van der Waals surface area (Å²) in [6, 6.07) is 12.7. The zero-order valence-corrected chi connectivity index (χ0v) is 10.5. The van der Waals surface area contributed by atoms with Gasteiger partial charge in [0.15, 0.2) is 0 Å². The van der Waals surface area contributed by atoms with Crippen molar-refractivity contribution in [3.63, 3.8) is 0 Å². The van der Waals surface area contributed by atoms with Gasteiger partial charge in [-0.05, 0) is 36.0 Å². The van der Waals surface area contributed by atoms with Crippen LogP contribution >= 0.6 is 11.8 Å². The van der Waals surface area contributed by atoms with E-state index in [1.165, 1.54) is 18.2 Å². The summed E-state index contributed by atoms with van der Waals surface area (Å²) in [6.07, 6.45) is 0. The van der Waals surface area contributed by atoms with E-state index < -0.39 is 5.51 Å². The van der Waals surface area contributed by atoms with Gasteiger partial charge < -0.3 is 10.5 Å². The third kappa shape index (κ3) is 4.10. The lowest BCUT2D eigenvalue weighted by Gasteiger charge is -2.12. The van der Waals surface area contributed by atoms with Gasteiger partial charge in [-0.3, -0.25) is 0 Å². The largest absolute Gasteiger partial charge is 0.456 e. The second-order valence-electron chi connectivity index (χ2n) is 3.67. The molecule has 0 saturated heterocycles. The number of rotatable bonds is 3. The zero-order chi connectivity index (χ0) is 13.9. The van der Waals surface area contributed by atoms with Crippen LogP contribution in [0.4, 0.5) is 18.9 Å². The maximum Gasteiger partial charge on any atom is 0.446 e. The minimum absolute atomic E-state index is 0.0226. The van der Waals surface area contributed by atoms with Gasteiger partial charge in [-0.2, -0.15) is 13.2 Å². The number of nitrogen functional groups attached to an aromatic ring is 1. The van der Waals surface area contributed by atoms with E-state index in [1.807, 2.05) is 0 Å². The van der Waals surface area contributed by atoms with E-state index in [1.54, 1.807) is 30.3 Å². The van der Waals surface area contributed by atoms with Crippen LogP contribution in [0.2, 0.25) is 0 Å². The molecule has 0 heterocycles. The van der Waals surface area contributed by atoms with Gasteiger partial charge in [0.2, 0.25) is 0 Å². The van der Waals surface area contributed by atoms with Gasteiger partial charge in [-0.15, -0.1) is 0 Å². The van der Waals surface area contributed by atoms with E-state index >= 15 is 0 Å². The predicted octanol–water partition coefficient (Wildman–Crippen LogP) is 4.67. The number of thioether (sulfide) groups is 1. The first-order valence-corrected chi connectivity index (χ1v) is 6.14. The first-order valence-electron chi connectivity index (χ1n) is 5.32. The molecular weight excluding hydrogens is 275 g/mol. The number of anilines is 1. The molecule has 0 aliphatic carbocycles. The molecule has 0 aliphatic heterocycles. The second-order valence-corrected chi connectivity index (χ2v) is 4.78. The molecule has 2 aromatic rings. The van der Waals surface area contributed by atoms with Crippen LogP contribution < -0.4 is 10.5 Å². The molecule has 2 N–H and O–H groups in total. The molecule has 0 amide bonds. The summed E-state index contributed by atoms with van der Waals surface area (Å²) < 4.78 is 42.7. The van der Waals surface area contributed by atoms with Crippen LogP contribution in [0, 0.1) is 0 Å². The van der Waals surface area contributed by atoms with Crippen LogP contribution in [0.25, 0.3) is 0 Å². The minimum atomic E-state index is -4.37. The molecule has 0 aliphatic rings. The molecule has 0 bridgehead atoms. The number of para-hydroxylation sites is 1. The summed E-state index contributed by atoms with van der Waals surface area (Å²) in [5.74, 6) is 0.547. The number of nitrogens with two attached hydrogens (primary N) is 1. The lowest BCUT2D eigenvalue weighted by molar-refractivity contribution is -0.0328. The number of alkyl halides is 3. The number of hydrogen-bond acceptors (Lipinski definition) is 3. The number of ether oxygens (including phenoxy) is 1. The highest BCUT2D eigenvalue weighted by atomic mass is 32.2. The van der Waals surface area contributed by atoms with Crippen molar-refractivity contribution in [3.8, 4) is 11.5 Å². The van der Waals surface area contributed by atoms with Crippen LogP contribution in [0.1, 0.15) is 0 Å². The second kappa shape index (κ2) is 5.44. The van der Waals surface area contributed by atoms with Crippen molar-refractivity contribution < 1.29 is 17.9 Å². The Labute approximate surface area is 112 Å². The molecule has 2 rings (SSSR count). The Bertz CT molecular complexity index is 558. The van der Waals surface area contributed by atoms with E-state index in [0.717, 1.165) is 0 Å². The van der Waals surface area contributed by atoms with E-state index in [2.05, 4.69) is 0 Å². The molecule has 0 spiro atoms. The fourth-order valence-corrected chi connectivity index (χ4v) is 2.02. The van der Waals surface area contributed by atoms with Crippen LogP contribution in [-0.4, -0.2) is 5.51 Å². The molecule has 0 saturated carbocycles. The molecule has 19 heavy (non-hydrogen) atoms. The lowest BCUT2D eigenvalue weighted by Crippen LogP contribution is -2.00. The SMILES string of the molecule is Nc1ccc(SC(F)(F)F)c(Oc2ccccc2)c1. The Morgan fingerprint density at radius 2 is 1.68 bits per heavy atom. The van der Waals surface area contributed by atoms with Gasteiger partial charge in [0.1, 0.15) is 11.5 Å². The third-order valence-corrected chi connectivity index (χ3v) is 2.95. The molecule has 2 aromatic carbocycles. The Hall–Kier alpha value is -1.82. The van der Waals surface area contributed by atoms with Crippen LogP contribution in [0.15, 0.2) is 53.4 Å². The molecular formula is C13H10F3NOS. The van der Waals surface area contributed by atoms with E-state index in [-0.39, 0.29) is 22.4 Å². The van der Waals surface area contributed by atoms with Gasteiger partial charge in [-0.1, -0.05) is 18.2 Å². The Balaban J connectivity index is 2.30. The van der Waals surface area contributed by atoms with Crippen molar-refractivity contribution in [2.24, 2.45) is 0 Å². The number of halogens is 3. The van der Waals surface area contributed by atoms with Gasteiger partial charge >= 0.3 is 5.51 Å². The molecule has 0 unspecified atom stereocenters. The zero-order valence-electron chi connectivity index (χ0n) is 9.65. The fourth-order valence-electron chi connectivity index (χ4n) is 1.43. The minimum Gasteiger partial charge on any atom is -0.456 e. The quantitative estimate of drug-likeness (QED) is 0.657. The predicted molar refractivity (Wildman–Crippen MR) is 69.3 cm³/mol. The van der Waals surface area contributed by atoms with Crippen molar-refractivity contribution in [1.82, 2.24) is 0 Å². The van der Waals surface area contributed by atoms with E-state index in [0.29, 0.717) is 11.4 Å². The summed E-state index contributed by atoms with van der Waals surface area (Å²) in [5, 5.41) is 0. The van der Waals surface area contributed by atoms with Crippen molar-refractivity contribution in [3.05, 3.63) is 48.5 Å². The van der Waals surface area contributed by atoms with E-state index in [9.17, 15) is 13.2 Å². The highest BCUT2D eigenvalue weighted by molar-refractivity contribution is 8.00. The highest BCUT2D eigenvalue weighted by Crippen LogP contribution is 2.43. The lowest BCUT2D eigenvalue weighted by atomic mass is 10.3. The van der Waals surface area contributed by atoms with Crippen LogP contribution in [-0.2, 0) is 0 Å². The van der Waals surface area contributed by atoms with Crippen molar-refractivity contribution in [2.45, 2.75) is 10.4 Å². The average Bonchev–Trinajstić information content (AvgIpc) is 2.32. The topological polar surface area (TPSA) is 35.2 Å². The molecule has 0 atom stereocenters. The normalized spacial score (nSPS) is 11.3. The van der Waals surface area contributed by atoms with Crippen LogP contribution in [0.3, 0.4) is 0 Å². The maximum absolute atomic E-state index is 12.4. The Morgan fingerprint density at radius 3 is 2.32 bits per heavy atom. The molecule has 6 heteroatoms. The van der Waals surface area contributed by atoms with Crippen molar-refractivity contribution in [2.75, 3.05) is 5.73 Å². The molecule has 2 nitrogen and oxygen atoms in total. The summed E-state index contributed by atoms with van der Waals surface area (Å²) >= 11 is -0.225. The van der Waals surface area contributed by atoms with Crippen molar-refractivity contribution >= 4 is 17.4 Å². The van der Waals surface area contributed by atoms with E-state index in [4.69, 9.17) is 10.5 Å². The molecule has 100 valence electrons. The third-order valence-electron chi connectivity index (χ3n) is 2.16. The fraction of sp³-hybridized carbons (Fsp3) is 0.0769. The summed E-state index contributed by atoms with van der Waals surface area (Å²) in [7, 11) is 0. The monoisotopic (exact) mass is 285 g/mol. The van der Waals surface area contributed by atoms with Crippen LogP contribution in [0.5, 0.6) is 11.5 Å². The maximum atomic E-state index is 12.4. The Kier molecular flexibility index (Phi) is 3.90. The van der Waals surface area contributed by atoms with Crippen molar-refractivity contribution in [1.29, 1.82) is 0 Å². The molecule has 0 fully saturated rings. The van der Waals surface area contributed by atoms with Gasteiger partial charge in [-0.25, -0.2) is 0 Å². The standard InChI is InChI=1S/C13H10F3NOS/c14-13(15,16)19-12-7-6-9(17)8-11(12)18-10-4-2-1-3-5-10/h1-8H,17H2. The Morgan fingerprint density at radius 1 is 1.00 bits per heavy atom. The smallest absolute Gasteiger partial charge is 0.446 e. The average molecular weight is 285 g/mol. The molecule has 0 aromatic heterocycles. The highest BCUT2D eigenvalue weighted by Gasteiger charge is 2.31. The number of hydrogen-bond donors (Lipinski definition) is 1. The van der Waals surface area contributed by atoms with Gasteiger partial charge in [0.25, 0.3) is 0 Å². The summed E-state index contributed by atoms with van der Waals surface area (Å²) in [4.78, 5) is -0.0226. The summed E-state index contributed by atoms with van der Waals surface area (Å²) in [5.41, 5.74) is 1.55. The summed E-state index contributed by atoms with van der Waals surface area (Å²) in [6.45, 7) is 0. The first-order chi connectivity index (χ1) is 8.94. The first kappa shape index (κ1) is 13.6. The van der Waals surface area contributed by atoms with Gasteiger partial charge in [0.05, 0.1) is 4.90 Å².